The highest BCUT2D eigenvalue weighted by atomic mass is 16.5. The molecule has 6 nitrogen and oxygen atoms in total. The molecule has 1 amide bonds. The summed E-state index contributed by atoms with van der Waals surface area (Å²) in [6.07, 6.45) is 3.92. The Morgan fingerprint density at radius 1 is 1.19 bits per heavy atom. The number of methoxy groups -OCH3 is 2. The standard InChI is InChI=1S/C20H25N3O3/c1-25-17-6-7-18(26-2)15(13-17)14-20(24)22-16-8-11-23(12-9-16)19-5-3-4-10-21-19/h3-7,10,13,16H,8-9,11-12,14H2,1-2H3,(H,22,24). The number of pyridine rings is 1. The second-order valence-corrected chi connectivity index (χ2v) is 6.37. The van der Waals surface area contributed by atoms with Crippen LogP contribution >= 0.6 is 0 Å². The summed E-state index contributed by atoms with van der Waals surface area (Å²) in [7, 11) is 3.22. The Morgan fingerprint density at radius 3 is 2.65 bits per heavy atom. The van der Waals surface area contributed by atoms with Crippen molar-refractivity contribution in [2.24, 2.45) is 0 Å². The number of carbonyl (C=O) groups is 1. The molecule has 6 heteroatoms. The van der Waals surface area contributed by atoms with Crippen LogP contribution in [0.3, 0.4) is 0 Å². The number of amides is 1. The summed E-state index contributed by atoms with van der Waals surface area (Å²) in [6, 6.07) is 11.6. The number of nitrogens with zero attached hydrogens (tertiary/aromatic N) is 2. The average molecular weight is 355 g/mol. The molecular formula is C20H25N3O3. The maximum Gasteiger partial charge on any atom is 0.224 e. The van der Waals surface area contributed by atoms with E-state index in [4.69, 9.17) is 9.47 Å². The molecule has 0 unspecified atom stereocenters. The van der Waals surface area contributed by atoms with Gasteiger partial charge in [0.05, 0.1) is 20.6 Å². The summed E-state index contributed by atoms with van der Waals surface area (Å²) in [6.45, 7) is 1.79. The lowest BCUT2D eigenvalue weighted by Crippen LogP contribution is -2.45. The number of rotatable bonds is 6. The van der Waals surface area contributed by atoms with E-state index in [-0.39, 0.29) is 18.4 Å². The Labute approximate surface area is 154 Å². The highest BCUT2D eigenvalue weighted by molar-refractivity contribution is 5.79. The van der Waals surface area contributed by atoms with Gasteiger partial charge < -0.3 is 19.7 Å². The van der Waals surface area contributed by atoms with Crippen molar-refractivity contribution in [1.82, 2.24) is 10.3 Å². The van der Waals surface area contributed by atoms with E-state index in [1.165, 1.54) is 0 Å². The van der Waals surface area contributed by atoms with Gasteiger partial charge in [-0.3, -0.25) is 4.79 Å². The summed E-state index contributed by atoms with van der Waals surface area (Å²) in [5.41, 5.74) is 0.829. The lowest BCUT2D eigenvalue weighted by Gasteiger charge is -2.33. The minimum atomic E-state index is 0.00726. The molecule has 1 saturated heterocycles. The van der Waals surface area contributed by atoms with Gasteiger partial charge in [0.2, 0.25) is 5.91 Å². The second kappa shape index (κ2) is 8.56. The van der Waals surface area contributed by atoms with Gasteiger partial charge in [0.15, 0.2) is 0 Å². The zero-order chi connectivity index (χ0) is 18.4. The molecule has 1 aromatic heterocycles. The molecule has 1 fully saturated rings. The van der Waals surface area contributed by atoms with Gasteiger partial charge in [-0.25, -0.2) is 4.98 Å². The van der Waals surface area contributed by atoms with Crippen LogP contribution in [0.2, 0.25) is 0 Å². The normalized spacial score (nSPS) is 14.8. The Hall–Kier alpha value is -2.76. The van der Waals surface area contributed by atoms with E-state index in [0.29, 0.717) is 5.75 Å². The maximum atomic E-state index is 12.5. The fraction of sp³-hybridized carbons (Fsp3) is 0.400. The fourth-order valence-corrected chi connectivity index (χ4v) is 3.27. The molecule has 2 heterocycles. The van der Waals surface area contributed by atoms with Crippen LogP contribution in [-0.4, -0.2) is 44.2 Å². The van der Waals surface area contributed by atoms with E-state index >= 15 is 0 Å². The molecule has 1 aliphatic rings. The summed E-state index contributed by atoms with van der Waals surface area (Å²) >= 11 is 0. The number of carbonyl (C=O) groups excluding carboxylic acids is 1. The third-order valence-electron chi connectivity index (χ3n) is 4.67. The first-order chi connectivity index (χ1) is 12.7. The van der Waals surface area contributed by atoms with Crippen molar-refractivity contribution in [3.05, 3.63) is 48.2 Å². The minimum absolute atomic E-state index is 0.00726. The number of benzene rings is 1. The zero-order valence-corrected chi connectivity index (χ0v) is 15.3. The summed E-state index contributed by atoms with van der Waals surface area (Å²) in [5, 5.41) is 3.15. The van der Waals surface area contributed by atoms with Crippen LogP contribution < -0.4 is 19.7 Å². The number of nitrogens with one attached hydrogen (secondary N) is 1. The zero-order valence-electron chi connectivity index (χ0n) is 15.3. The number of ether oxygens (including phenoxy) is 2. The Balaban J connectivity index is 1.53. The fourth-order valence-electron chi connectivity index (χ4n) is 3.27. The number of piperidine rings is 1. The molecule has 0 saturated carbocycles. The maximum absolute atomic E-state index is 12.5. The van der Waals surface area contributed by atoms with Gasteiger partial charge in [-0.1, -0.05) is 6.07 Å². The molecule has 0 atom stereocenters. The molecule has 138 valence electrons. The highest BCUT2D eigenvalue weighted by Crippen LogP contribution is 2.24. The molecule has 0 bridgehead atoms. The monoisotopic (exact) mass is 355 g/mol. The third-order valence-corrected chi connectivity index (χ3v) is 4.67. The van der Waals surface area contributed by atoms with E-state index in [2.05, 4.69) is 15.2 Å². The molecule has 0 aliphatic carbocycles. The van der Waals surface area contributed by atoms with Crippen LogP contribution in [0.15, 0.2) is 42.6 Å². The summed E-state index contributed by atoms with van der Waals surface area (Å²) in [5.74, 6) is 2.43. The smallest absolute Gasteiger partial charge is 0.224 e. The van der Waals surface area contributed by atoms with Crippen molar-refractivity contribution in [2.45, 2.75) is 25.3 Å². The van der Waals surface area contributed by atoms with Crippen molar-refractivity contribution in [3.63, 3.8) is 0 Å². The lowest BCUT2D eigenvalue weighted by molar-refractivity contribution is -0.121. The molecule has 0 spiro atoms. The first-order valence-corrected chi connectivity index (χ1v) is 8.86. The van der Waals surface area contributed by atoms with Crippen LogP contribution in [0.5, 0.6) is 11.5 Å². The van der Waals surface area contributed by atoms with Crippen molar-refractivity contribution >= 4 is 11.7 Å². The summed E-state index contributed by atoms with van der Waals surface area (Å²) in [4.78, 5) is 19.1. The number of hydrogen-bond acceptors (Lipinski definition) is 5. The van der Waals surface area contributed by atoms with E-state index < -0.39 is 0 Å². The van der Waals surface area contributed by atoms with Gasteiger partial charge in [-0.05, 0) is 43.2 Å². The molecule has 1 aromatic carbocycles. The summed E-state index contributed by atoms with van der Waals surface area (Å²) < 4.78 is 10.6. The number of anilines is 1. The van der Waals surface area contributed by atoms with Crippen molar-refractivity contribution in [2.75, 3.05) is 32.2 Å². The topological polar surface area (TPSA) is 63.7 Å². The lowest BCUT2D eigenvalue weighted by atomic mass is 10.0. The quantitative estimate of drug-likeness (QED) is 0.862. The first kappa shape index (κ1) is 18.0. The van der Waals surface area contributed by atoms with Crippen LogP contribution in [0.25, 0.3) is 0 Å². The Morgan fingerprint density at radius 2 is 2.00 bits per heavy atom. The van der Waals surface area contributed by atoms with E-state index in [9.17, 15) is 4.79 Å². The van der Waals surface area contributed by atoms with Gasteiger partial charge in [0, 0.05) is 30.9 Å². The van der Waals surface area contributed by atoms with Gasteiger partial charge in [-0.15, -0.1) is 0 Å². The largest absolute Gasteiger partial charge is 0.497 e. The average Bonchev–Trinajstić information content (AvgIpc) is 2.69. The molecule has 0 radical (unpaired) electrons. The molecule has 2 aromatic rings. The molecule has 1 aliphatic heterocycles. The Bertz CT molecular complexity index is 728. The van der Waals surface area contributed by atoms with E-state index in [1.54, 1.807) is 14.2 Å². The van der Waals surface area contributed by atoms with Crippen molar-refractivity contribution in [3.8, 4) is 11.5 Å². The molecule has 1 N–H and O–H groups in total. The number of hydrogen-bond donors (Lipinski definition) is 1. The van der Waals surface area contributed by atoms with E-state index in [0.717, 1.165) is 43.1 Å². The van der Waals surface area contributed by atoms with Crippen LogP contribution in [0, 0.1) is 0 Å². The molecular weight excluding hydrogens is 330 g/mol. The van der Waals surface area contributed by atoms with Crippen molar-refractivity contribution < 1.29 is 14.3 Å². The predicted octanol–water partition coefficient (Wildman–Crippen LogP) is 2.43. The van der Waals surface area contributed by atoms with Crippen molar-refractivity contribution in [1.29, 1.82) is 0 Å². The number of aromatic nitrogens is 1. The van der Waals surface area contributed by atoms with Gasteiger partial charge in [0.1, 0.15) is 17.3 Å². The first-order valence-electron chi connectivity index (χ1n) is 8.86. The predicted molar refractivity (Wildman–Crippen MR) is 101 cm³/mol. The second-order valence-electron chi connectivity index (χ2n) is 6.37. The SMILES string of the molecule is COc1ccc(OC)c(CC(=O)NC2CCN(c3ccccn3)CC2)c1. The third kappa shape index (κ3) is 4.45. The van der Waals surface area contributed by atoms with Crippen LogP contribution in [0.1, 0.15) is 18.4 Å². The minimum Gasteiger partial charge on any atom is -0.497 e. The molecule has 3 rings (SSSR count). The van der Waals surface area contributed by atoms with E-state index in [1.807, 2.05) is 42.6 Å². The van der Waals surface area contributed by atoms with Gasteiger partial charge in [0.25, 0.3) is 0 Å². The Kier molecular flexibility index (Phi) is 5.94. The van der Waals surface area contributed by atoms with Gasteiger partial charge in [-0.2, -0.15) is 0 Å². The van der Waals surface area contributed by atoms with Crippen LogP contribution in [-0.2, 0) is 11.2 Å². The highest BCUT2D eigenvalue weighted by Gasteiger charge is 2.22. The molecule has 26 heavy (non-hydrogen) atoms. The van der Waals surface area contributed by atoms with Gasteiger partial charge >= 0.3 is 0 Å². The van der Waals surface area contributed by atoms with Crippen LogP contribution in [0.4, 0.5) is 5.82 Å².